The van der Waals surface area contributed by atoms with Crippen LogP contribution < -0.4 is 10.9 Å². The number of nitrogens with one attached hydrogen (secondary N) is 3. The van der Waals surface area contributed by atoms with E-state index in [4.69, 9.17) is 0 Å². The number of hydrogen-bond donors (Lipinski definition) is 3. The normalized spacial score (nSPS) is 10.9. The predicted octanol–water partition coefficient (Wildman–Crippen LogP) is 2.89. The van der Waals surface area contributed by atoms with Gasteiger partial charge in [0.1, 0.15) is 16.9 Å². The number of rotatable bonds is 5. The largest absolute Gasteiger partial charge is 0.326 e. The van der Waals surface area contributed by atoms with Crippen LogP contribution in [0.2, 0.25) is 0 Å². The lowest BCUT2D eigenvalue weighted by Crippen LogP contribution is -2.23. The van der Waals surface area contributed by atoms with Gasteiger partial charge in [-0.3, -0.25) is 14.7 Å². The molecule has 0 atom stereocenters. The van der Waals surface area contributed by atoms with E-state index in [1.54, 1.807) is 37.0 Å². The fourth-order valence-corrected chi connectivity index (χ4v) is 3.61. The Hall–Kier alpha value is -3.46. The number of anilines is 1. The average Bonchev–Trinajstić information content (AvgIpc) is 3.16. The van der Waals surface area contributed by atoms with Crippen molar-refractivity contribution >= 4 is 34.4 Å². The monoisotopic (exact) mass is 392 g/mol. The molecule has 3 heterocycles. The van der Waals surface area contributed by atoms with Crippen molar-refractivity contribution in [3.05, 3.63) is 76.1 Å². The summed E-state index contributed by atoms with van der Waals surface area (Å²) in [6.07, 6.45) is 3.20. The van der Waals surface area contributed by atoms with Crippen molar-refractivity contribution < 1.29 is 4.79 Å². The first-order valence-electron chi connectivity index (χ1n) is 8.47. The first-order valence-corrected chi connectivity index (χ1v) is 9.46. The van der Waals surface area contributed by atoms with E-state index in [9.17, 15) is 9.59 Å². The van der Waals surface area contributed by atoms with Crippen LogP contribution in [0.4, 0.5) is 5.69 Å². The summed E-state index contributed by atoms with van der Waals surface area (Å²) in [5.74, 6) is 0.216. The lowest BCUT2D eigenvalue weighted by atomic mass is 10.2. The molecule has 1 aromatic carbocycles. The zero-order valence-corrected chi connectivity index (χ0v) is 15.7. The van der Waals surface area contributed by atoms with Crippen molar-refractivity contribution in [3.8, 4) is 0 Å². The van der Waals surface area contributed by atoms with E-state index in [-0.39, 0.29) is 5.56 Å². The van der Waals surface area contributed by atoms with Gasteiger partial charge in [-0.05, 0) is 36.8 Å². The molecule has 4 rings (SSSR count). The molecule has 3 aromatic heterocycles. The molecular weight excluding hydrogens is 376 g/mol. The number of pyridine rings is 1. The zero-order chi connectivity index (χ0) is 19.5. The molecule has 0 fully saturated rings. The fraction of sp³-hybridized carbons (Fsp3) is 0.105. The minimum Gasteiger partial charge on any atom is -0.326 e. The maximum atomic E-state index is 12.4. The predicted molar refractivity (Wildman–Crippen MR) is 107 cm³/mol. The fourth-order valence-electron chi connectivity index (χ4n) is 2.70. The topological polar surface area (TPSA) is 116 Å². The van der Waals surface area contributed by atoms with E-state index in [2.05, 4.69) is 30.5 Å². The summed E-state index contributed by atoms with van der Waals surface area (Å²) in [4.78, 5) is 35.4. The van der Waals surface area contributed by atoms with Gasteiger partial charge < -0.3 is 10.3 Å². The van der Waals surface area contributed by atoms with E-state index in [1.165, 1.54) is 12.4 Å². The molecule has 1 amide bonds. The van der Waals surface area contributed by atoms with Gasteiger partial charge in [-0.15, -0.1) is 11.8 Å². The molecule has 0 radical (unpaired) electrons. The summed E-state index contributed by atoms with van der Waals surface area (Å²) in [6, 6.07) is 10.7. The quantitative estimate of drug-likeness (QED) is 0.355. The number of carbonyl (C=O) groups excluding carboxylic acids is 1. The van der Waals surface area contributed by atoms with Crippen LogP contribution in [0.15, 0.2) is 58.7 Å². The van der Waals surface area contributed by atoms with E-state index in [1.807, 2.05) is 18.2 Å². The highest BCUT2D eigenvalue weighted by Gasteiger charge is 2.11. The summed E-state index contributed by atoms with van der Waals surface area (Å²) in [5, 5.41) is 11.3. The summed E-state index contributed by atoms with van der Waals surface area (Å²) in [5.41, 5.74) is 2.71. The Kier molecular flexibility index (Phi) is 4.90. The van der Waals surface area contributed by atoms with E-state index in [0.717, 1.165) is 16.0 Å². The molecular formula is C19H16N6O2S. The smallest absolute Gasteiger partial charge is 0.261 e. The van der Waals surface area contributed by atoms with E-state index >= 15 is 0 Å². The summed E-state index contributed by atoms with van der Waals surface area (Å²) >= 11 is 1.56. The van der Waals surface area contributed by atoms with Crippen molar-refractivity contribution in [2.24, 2.45) is 0 Å². The van der Waals surface area contributed by atoms with Crippen LogP contribution in [-0.2, 0) is 5.75 Å². The first kappa shape index (κ1) is 17.9. The maximum absolute atomic E-state index is 12.4. The molecule has 9 heteroatoms. The molecule has 0 saturated heterocycles. The van der Waals surface area contributed by atoms with Gasteiger partial charge in [0.25, 0.3) is 11.5 Å². The van der Waals surface area contributed by atoms with Crippen molar-refractivity contribution in [1.29, 1.82) is 0 Å². The van der Waals surface area contributed by atoms with Gasteiger partial charge >= 0.3 is 0 Å². The maximum Gasteiger partial charge on any atom is 0.261 e. The van der Waals surface area contributed by atoms with Gasteiger partial charge in [-0.25, -0.2) is 9.97 Å². The van der Waals surface area contributed by atoms with Gasteiger partial charge in [-0.2, -0.15) is 5.10 Å². The van der Waals surface area contributed by atoms with Gasteiger partial charge in [0.15, 0.2) is 5.65 Å². The molecule has 8 nitrogen and oxygen atoms in total. The third-order valence-electron chi connectivity index (χ3n) is 4.07. The number of aromatic nitrogens is 5. The van der Waals surface area contributed by atoms with E-state index in [0.29, 0.717) is 22.8 Å². The number of aryl methyl sites for hydroxylation is 1. The highest BCUT2D eigenvalue weighted by molar-refractivity contribution is 7.98. The van der Waals surface area contributed by atoms with Crippen LogP contribution in [0.25, 0.3) is 11.0 Å². The Balaban J connectivity index is 1.48. The second-order valence-corrected chi connectivity index (χ2v) is 7.10. The van der Waals surface area contributed by atoms with Crippen LogP contribution in [0.5, 0.6) is 0 Å². The van der Waals surface area contributed by atoms with Crippen LogP contribution >= 0.6 is 11.8 Å². The average molecular weight is 392 g/mol. The van der Waals surface area contributed by atoms with Crippen LogP contribution in [-0.4, -0.2) is 31.1 Å². The Bertz CT molecular complexity index is 1220. The molecule has 0 saturated carbocycles. The SMILES string of the molecule is Cc1ccc(C(=O)Nc2cccc(CSc3ncnc4[nH]ncc34)c2)c(=O)[nH]1. The van der Waals surface area contributed by atoms with Crippen LogP contribution in [0, 0.1) is 6.92 Å². The van der Waals surface area contributed by atoms with Gasteiger partial charge in [0.05, 0.1) is 11.6 Å². The Morgan fingerprint density at radius 1 is 1.21 bits per heavy atom. The number of benzene rings is 1. The summed E-state index contributed by atoms with van der Waals surface area (Å²) in [6.45, 7) is 1.76. The standard InChI is InChI=1S/C19H16N6O2S/c1-11-5-6-14(17(26)23-11)18(27)24-13-4-2-3-12(7-13)9-28-19-15-8-22-25-16(15)20-10-21-19/h2-8,10H,9H2,1H3,(H,23,26)(H,24,27)(H,20,21,22,25). The second-order valence-electron chi connectivity index (χ2n) is 6.14. The highest BCUT2D eigenvalue weighted by Crippen LogP contribution is 2.27. The number of fused-ring (bicyclic) bond motifs is 1. The molecule has 28 heavy (non-hydrogen) atoms. The first-order chi connectivity index (χ1) is 13.6. The number of hydrogen-bond acceptors (Lipinski definition) is 6. The Morgan fingerprint density at radius 3 is 2.96 bits per heavy atom. The molecule has 4 aromatic rings. The third kappa shape index (κ3) is 3.79. The molecule has 0 aliphatic heterocycles. The van der Waals surface area contributed by atoms with Gasteiger partial charge in [0, 0.05) is 17.1 Å². The summed E-state index contributed by atoms with van der Waals surface area (Å²) < 4.78 is 0. The highest BCUT2D eigenvalue weighted by atomic mass is 32.2. The minimum atomic E-state index is -0.443. The second kappa shape index (κ2) is 7.65. The number of thioether (sulfide) groups is 1. The molecule has 140 valence electrons. The van der Waals surface area contributed by atoms with Crippen LogP contribution in [0.3, 0.4) is 0 Å². The number of aromatic amines is 2. The van der Waals surface area contributed by atoms with Crippen molar-refractivity contribution in [2.45, 2.75) is 17.7 Å². The van der Waals surface area contributed by atoms with Crippen molar-refractivity contribution in [3.63, 3.8) is 0 Å². The lowest BCUT2D eigenvalue weighted by Gasteiger charge is -2.08. The van der Waals surface area contributed by atoms with Gasteiger partial charge in [0.2, 0.25) is 0 Å². The zero-order valence-electron chi connectivity index (χ0n) is 14.9. The molecule has 0 aliphatic rings. The van der Waals surface area contributed by atoms with Crippen molar-refractivity contribution in [1.82, 2.24) is 25.1 Å². The number of carbonyl (C=O) groups is 1. The van der Waals surface area contributed by atoms with Crippen LogP contribution in [0.1, 0.15) is 21.6 Å². The Morgan fingerprint density at radius 2 is 2.11 bits per heavy atom. The van der Waals surface area contributed by atoms with Gasteiger partial charge in [-0.1, -0.05) is 12.1 Å². The summed E-state index contributed by atoms with van der Waals surface area (Å²) in [7, 11) is 0. The molecule has 0 bridgehead atoms. The Labute approximate surface area is 163 Å². The van der Waals surface area contributed by atoms with E-state index < -0.39 is 11.5 Å². The number of amides is 1. The molecule has 0 aliphatic carbocycles. The number of nitrogens with zero attached hydrogens (tertiary/aromatic N) is 3. The van der Waals surface area contributed by atoms with Crippen molar-refractivity contribution in [2.75, 3.05) is 5.32 Å². The molecule has 3 N–H and O–H groups in total. The lowest BCUT2D eigenvalue weighted by molar-refractivity contribution is 0.102. The number of H-pyrrole nitrogens is 2. The molecule has 0 unspecified atom stereocenters. The minimum absolute atomic E-state index is 0.0775. The third-order valence-corrected chi connectivity index (χ3v) is 5.15. The molecule has 0 spiro atoms.